The van der Waals surface area contributed by atoms with Gasteiger partial charge in [0.15, 0.2) is 6.10 Å². The number of hydrogen-bond donors (Lipinski definition) is 1. The Bertz CT molecular complexity index is 686. The lowest BCUT2D eigenvalue weighted by atomic mass is 10.2. The normalized spacial score (nSPS) is 11.7. The molecule has 0 bridgehead atoms. The van der Waals surface area contributed by atoms with Crippen molar-refractivity contribution in [3.05, 3.63) is 53.7 Å². The van der Waals surface area contributed by atoms with E-state index in [0.717, 1.165) is 10.5 Å². The molecule has 1 amide bonds. The van der Waals surface area contributed by atoms with Crippen molar-refractivity contribution < 1.29 is 14.3 Å². The Morgan fingerprint density at radius 1 is 1.23 bits per heavy atom. The van der Waals surface area contributed by atoms with E-state index in [9.17, 15) is 9.59 Å². The minimum Gasteiger partial charge on any atom is -0.449 e. The first-order chi connectivity index (χ1) is 10.5. The molecule has 1 aromatic heterocycles. The Labute approximate surface area is 132 Å². The van der Waals surface area contributed by atoms with Gasteiger partial charge in [-0.05, 0) is 38.1 Å². The molecule has 0 spiro atoms. The smallest absolute Gasteiger partial charge is 0.341 e. The molecule has 1 aromatic carbocycles. The third-order valence-corrected chi connectivity index (χ3v) is 3.94. The highest BCUT2D eigenvalue weighted by Crippen LogP contribution is 2.29. The van der Waals surface area contributed by atoms with Crippen LogP contribution in [0.5, 0.6) is 0 Å². The van der Waals surface area contributed by atoms with Crippen LogP contribution in [0, 0.1) is 6.92 Å². The number of aromatic nitrogens is 1. The summed E-state index contributed by atoms with van der Waals surface area (Å²) in [5.74, 6) is -1.31. The van der Waals surface area contributed by atoms with Gasteiger partial charge in [-0.1, -0.05) is 29.5 Å². The number of pyridine rings is 1. The number of nitrogens with two attached hydrogens (primary N) is 1. The number of carbonyl (C=O) groups is 2. The van der Waals surface area contributed by atoms with Gasteiger partial charge in [-0.25, -0.2) is 9.78 Å². The number of ether oxygens (including phenoxy) is 1. The number of amides is 1. The zero-order valence-corrected chi connectivity index (χ0v) is 13.1. The van der Waals surface area contributed by atoms with Crippen molar-refractivity contribution in [2.24, 2.45) is 5.73 Å². The van der Waals surface area contributed by atoms with Crippen molar-refractivity contribution in [3.63, 3.8) is 0 Å². The number of benzene rings is 1. The highest BCUT2D eigenvalue weighted by molar-refractivity contribution is 7.99. The fourth-order valence-electron chi connectivity index (χ4n) is 1.63. The van der Waals surface area contributed by atoms with Crippen LogP contribution >= 0.6 is 11.8 Å². The quantitative estimate of drug-likeness (QED) is 0.857. The molecular weight excluding hydrogens is 300 g/mol. The molecule has 2 rings (SSSR count). The van der Waals surface area contributed by atoms with Gasteiger partial charge in [-0.3, -0.25) is 4.79 Å². The van der Waals surface area contributed by atoms with Crippen molar-refractivity contribution in [3.8, 4) is 0 Å². The third-order valence-electron chi connectivity index (χ3n) is 2.91. The van der Waals surface area contributed by atoms with Crippen LogP contribution in [0.3, 0.4) is 0 Å². The molecule has 1 heterocycles. The van der Waals surface area contributed by atoms with Gasteiger partial charge in [0, 0.05) is 11.1 Å². The molecule has 0 radical (unpaired) electrons. The second-order valence-corrected chi connectivity index (χ2v) is 5.78. The topological polar surface area (TPSA) is 82.3 Å². The molecule has 22 heavy (non-hydrogen) atoms. The third kappa shape index (κ3) is 4.08. The summed E-state index contributed by atoms with van der Waals surface area (Å²) in [6.45, 7) is 3.44. The number of aryl methyl sites for hydroxylation is 1. The molecule has 0 aliphatic rings. The van der Waals surface area contributed by atoms with Gasteiger partial charge in [0.25, 0.3) is 5.91 Å². The number of carbonyl (C=O) groups excluding carboxylic acids is 2. The molecule has 0 fully saturated rings. The van der Waals surface area contributed by atoms with Crippen LogP contribution in [-0.4, -0.2) is 23.0 Å². The highest BCUT2D eigenvalue weighted by atomic mass is 32.2. The zero-order chi connectivity index (χ0) is 16.1. The fraction of sp³-hybridized carbons (Fsp3) is 0.188. The van der Waals surface area contributed by atoms with Crippen LogP contribution in [0.15, 0.2) is 52.5 Å². The number of esters is 1. The molecule has 1 atom stereocenters. The number of rotatable bonds is 5. The Morgan fingerprint density at radius 3 is 2.55 bits per heavy atom. The van der Waals surface area contributed by atoms with Crippen LogP contribution < -0.4 is 5.73 Å². The molecule has 0 aliphatic carbocycles. The van der Waals surface area contributed by atoms with Crippen LogP contribution in [0.1, 0.15) is 22.8 Å². The number of hydrogen-bond acceptors (Lipinski definition) is 5. The molecule has 6 heteroatoms. The first kappa shape index (κ1) is 16.0. The van der Waals surface area contributed by atoms with Gasteiger partial charge >= 0.3 is 5.97 Å². The lowest BCUT2D eigenvalue weighted by Gasteiger charge is -2.11. The summed E-state index contributed by atoms with van der Waals surface area (Å²) >= 11 is 1.36. The largest absolute Gasteiger partial charge is 0.449 e. The molecule has 114 valence electrons. The average molecular weight is 316 g/mol. The molecule has 2 aromatic rings. The number of nitrogens with zero attached hydrogens (tertiary/aromatic N) is 1. The summed E-state index contributed by atoms with van der Waals surface area (Å²) < 4.78 is 5.03. The maximum Gasteiger partial charge on any atom is 0.341 e. The predicted molar refractivity (Wildman–Crippen MR) is 83.6 cm³/mol. The maximum atomic E-state index is 12.1. The van der Waals surface area contributed by atoms with E-state index in [0.29, 0.717) is 10.6 Å². The molecule has 0 saturated carbocycles. The van der Waals surface area contributed by atoms with Gasteiger partial charge in [-0.2, -0.15) is 0 Å². The molecule has 0 saturated heterocycles. The van der Waals surface area contributed by atoms with Gasteiger partial charge < -0.3 is 10.5 Å². The molecular formula is C16H16N2O3S. The SMILES string of the molecule is Cc1ccc(Sc2ncccc2C(=O)O[C@H](C)C(N)=O)cc1. The second kappa shape index (κ2) is 7.09. The summed E-state index contributed by atoms with van der Waals surface area (Å²) in [4.78, 5) is 28.3. The Morgan fingerprint density at radius 2 is 1.91 bits per heavy atom. The summed E-state index contributed by atoms with van der Waals surface area (Å²) in [6, 6.07) is 11.1. The minimum absolute atomic E-state index is 0.307. The molecule has 2 N–H and O–H groups in total. The maximum absolute atomic E-state index is 12.1. The van der Waals surface area contributed by atoms with E-state index < -0.39 is 18.0 Å². The van der Waals surface area contributed by atoms with Crippen LogP contribution in [0.2, 0.25) is 0 Å². The van der Waals surface area contributed by atoms with Crippen LogP contribution in [0.25, 0.3) is 0 Å². The molecule has 0 aliphatic heterocycles. The van der Waals surface area contributed by atoms with Gasteiger partial charge in [0.2, 0.25) is 0 Å². The minimum atomic E-state index is -0.982. The van der Waals surface area contributed by atoms with Crippen molar-refractivity contribution >= 4 is 23.6 Å². The average Bonchev–Trinajstić information content (AvgIpc) is 2.50. The second-order valence-electron chi connectivity index (χ2n) is 4.72. The van der Waals surface area contributed by atoms with Crippen molar-refractivity contribution in [2.45, 2.75) is 29.9 Å². The van der Waals surface area contributed by atoms with Crippen LogP contribution in [0.4, 0.5) is 0 Å². The summed E-state index contributed by atoms with van der Waals surface area (Å²) in [6.07, 6.45) is 0.620. The van der Waals surface area contributed by atoms with Crippen molar-refractivity contribution in [1.29, 1.82) is 0 Å². The van der Waals surface area contributed by atoms with E-state index in [2.05, 4.69) is 4.98 Å². The molecule has 0 unspecified atom stereocenters. The van der Waals surface area contributed by atoms with E-state index in [1.54, 1.807) is 18.3 Å². The van der Waals surface area contributed by atoms with E-state index in [1.807, 2.05) is 31.2 Å². The van der Waals surface area contributed by atoms with E-state index in [-0.39, 0.29) is 0 Å². The Balaban J connectivity index is 2.21. The van der Waals surface area contributed by atoms with E-state index in [1.165, 1.54) is 18.7 Å². The molecule has 5 nitrogen and oxygen atoms in total. The fourth-order valence-corrected chi connectivity index (χ4v) is 2.50. The van der Waals surface area contributed by atoms with Crippen LogP contribution in [-0.2, 0) is 9.53 Å². The van der Waals surface area contributed by atoms with E-state index in [4.69, 9.17) is 10.5 Å². The lowest BCUT2D eigenvalue weighted by molar-refractivity contribution is -0.125. The summed E-state index contributed by atoms with van der Waals surface area (Å²) in [7, 11) is 0. The van der Waals surface area contributed by atoms with Gasteiger partial charge in [0.1, 0.15) is 5.03 Å². The zero-order valence-electron chi connectivity index (χ0n) is 12.3. The van der Waals surface area contributed by atoms with Crippen molar-refractivity contribution in [2.75, 3.05) is 0 Å². The number of primary amides is 1. The first-order valence-electron chi connectivity index (χ1n) is 6.67. The van der Waals surface area contributed by atoms with Gasteiger partial charge in [-0.15, -0.1) is 0 Å². The highest BCUT2D eigenvalue weighted by Gasteiger charge is 2.19. The lowest BCUT2D eigenvalue weighted by Crippen LogP contribution is -2.30. The standard InChI is InChI=1S/C16H16N2O3S/c1-10-5-7-12(8-6-10)22-15-13(4-3-9-18-15)16(20)21-11(2)14(17)19/h3-9,11H,1-2H3,(H2,17,19)/t11-/m1/s1. The van der Waals surface area contributed by atoms with Crippen molar-refractivity contribution in [1.82, 2.24) is 4.98 Å². The summed E-state index contributed by atoms with van der Waals surface area (Å²) in [5.41, 5.74) is 6.56. The predicted octanol–water partition coefficient (Wildman–Crippen LogP) is 2.57. The Hall–Kier alpha value is -2.34. The van der Waals surface area contributed by atoms with E-state index >= 15 is 0 Å². The monoisotopic (exact) mass is 316 g/mol. The summed E-state index contributed by atoms with van der Waals surface area (Å²) in [5, 5.41) is 0.521. The Kier molecular flexibility index (Phi) is 5.16. The van der Waals surface area contributed by atoms with Gasteiger partial charge in [0.05, 0.1) is 5.56 Å². The first-order valence-corrected chi connectivity index (χ1v) is 7.49.